The molecule has 1 aromatic carbocycles. The third kappa shape index (κ3) is 2.43. The van der Waals surface area contributed by atoms with Gasteiger partial charge in [-0.2, -0.15) is 5.10 Å². The SMILES string of the molecule is COc1cnccc1-c1[nH]nc(N)c1-c1ccc(Cl)cc1. The molecule has 0 saturated heterocycles. The van der Waals surface area contributed by atoms with Crippen LogP contribution < -0.4 is 10.5 Å². The van der Waals surface area contributed by atoms with Gasteiger partial charge in [0, 0.05) is 16.8 Å². The number of hydrogen-bond donors (Lipinski definition) is 2. The van der Waals surface area contributed by atoms with E-state index in [0.717, 1.165) is 22.4 Å². The van der Waals surface area contributed by atoms with Gasteiger partial charge in [0.2, 0.25) is 0 Å². The van der Waals surface area contributed by atoms with E-state index in [9.17, 15) is 0 Å². The number of anilines is 1. The second-order valence-corrected chi connectivity index (χ2v) is 4.88. The predicted octanol–water partition coefficient (Wildman–Crippen LogP) is 3.38. The van der Waals surface area contributed by atoms with Crippen molar-refractivity contribution in [2.45, 2.75) is 0 Å². The number of rotatable bonds is 3. The number of hydrogen-bond acceptors (Lipinski definition) is 4. The summed E-state index contributed by atoms with van der Waals surface area (Å²) < 4.78 is 5.35. The summed E-state index contributed by atoms with van der Waals surface area (Å²) in [6, 6.07) is 9.29. The Balaban J connectivity index is 2.19. The fourth-order valence-corrected chi connectivity index (χ4v) is 2.33. The van der Waals surface area contributed by atoms with Gasteiger partial charge in [0.25, 0.3) is 0 Å². The van der Waals surface area contributed by atoms with Gasteiger partial charge in [0.1, 0.15) is 5.75 Å². The van der Waals surface area contributed by atoms with Crippen LogP contribution in [0.4, 0.5) is 5.82 Å². The molecule has 0 atom stereocenters. The van der Waals surface area contributed by atoms with Gasteiger partial charge in [-0.05, 0) is 23.8 Å². The minimum atomic E-state index is 0.422. The monoisotopic (exact) mass is 300 g/mol. The molecule has 6 heteroatoms. The lowest BCUT2D eigenvalue weighted by Crippen LogP contribution is -1.92. The standard InChI is InChI=1S/C15H13ClN4O/c1-21-12-8-18-7-6-11(12)14-13(15(17)20-19-14)9-2-4-10(16)5-3-9/h2-8H,1H3,(H3,17,19,20). The van der Waals surface area contributed by atoms with Crippen molar-refractivity contribution in [2.24, 2.45) is 0 Å². The molecule has 5 nitrogen and oxygen atoms in total. The van der Waals surface area contributed by atoms with Gasteiger partial charge >= 0.3 is 0 Å². The molecule has 21 heavy (non-hydrogen) atoms. The molecule has 3 rings (SSSR count). The lowest BCUT2D eigenvalue weighted by Gasteiger charge is -2.08. The van der Waals surface area contributed by atoms with E-state index in [1.165, 1.54) is 0 Å². The van der Waals surface area contributed by atoms with Crippen molar-refractivity contribution in [3.8, 4) is 28.1 Å². The number of nitrogens with two attached hydrogens (primary N) is 1. The van der Waals surface area contributed by atoms with Crippen molar-refractivity contribution in [3.05, 3.63) is 47.7 Å². The first-order valence-corrected chi connectivity index (χ1v) is 6.66. The Morgan fingerprint density at radius 3 is 2.67 bits per heavy atom. The quantitative estimate of drug-likeness (QED) is 0.777. The Morgan fingerprint density at radius 2 is 1.95 bits per heavy atom. The van der Waals surface area contributed by atoms with Gasteiger partial charge in [-0.1, -0.05) is 23.7 Å². The maximum absolute atomic E-state index is 6.01. The first-order chi connectivity index (χ1) is 10.2. The predicted molar refractivity (Wildman–Crippen MR) is 83.2 cm³/mol. The average molecular weight is 301 g/mol. The summed E-state index contributed by atoms with van der Waals surface area (Å²) in [5, 5.41) is 7.74. The second kappa shape index (κ2) is 5.46. The van der Waals surface area contributed by atoms with E-state index in [1.807, 2.05) is 30.3 Å². The number of nitrogens with one attached hydrogen (secondary N) is 1. The van der Waals surface area contributed by atoms with Gasteiger partial charge < -0.3 is 10.5 Å². The zero-order valence-corrected chi connectivity index (χ0v) is 12.1. The number of benzene rings is 1. The topological polar surface area (TPSA) is 76.8 Å². The smallest absolute Gasteiger partial charge is 0.153 e. The fraction of sp³-hybridized carbons (Fsp3) is 0.0667. The van der Waals surface area contributed by atoms with Crippen LogP contribution in [0.2, 0.25) is 5.02 Å². The first-order valence-electron chi connectivity index (χ1n) is 6.29. The molecule has 2 heterocycles. The van der Waals surface area contributed by atoms with Crippen LogP contribution in [0, 0.1) is 0 Å². The molecule has 0 saturated carbocycles. The van der Waals surface area contributed by atoms with Gasteiger partial charge in [-0.25, -0.2) is 0 Å². The molecule has 0 aliphatic heterocycles. The number of ether oxygens (including phenoxy) is 1. The Hall–Kier alpha value is -2.53. The van der Waals surface area contributed by atoms with Crippen molar-refractivity contribution in [1.29, 1.82) is 0 Å². The molecule has 3 N–H and O–H groups in total. The highest BCUT2D eigenvalue weighted by Crippen LogP contribution is 2.38. The third-order valence-electron chi connectivity index (χ3n) is 3.20. The van der Waals surface area contributed by atoms with Crippen LogP contribution in [0.3, 0.4) is 0 Å². The van der Waals surface area contributed by atoms with Gasteiger partial charge in [0.05, 0.1) is 24.6 Å². The summed E-state index contributed by atoms with van der Waals surface area (Å²) in [7, 11) is 1.60. The summed E-state index contributed by atoms with van der Waals surface area (Å²) in [5.74, 6) is 1.07. The summed E-state index contributed by atoms with van der Waals surface area (Å²) in [4.78, 5) is 4.05. The van der Waals surface area contributed by atoms with E-state index in [0.29, 0.717) is 16.6 Å². The normalized spacial score (nSPS) is 10.6. The summed E-state index contributed by atoms with van der Waals surface area (Å²) in [6.07, 6.45) is 3.35. The number of nitrogens with zero attached hydrogens (tertiary/aromatic N) is 2. The number of pyridine rings is 1. The molecule has 3 aromatic rings. The number of halogens is 1. The third-order valence-corrected chi connectivity index (χ3v) is 3.45. The number of nitrogen functional groups attached to an aromatic ring is 1. The minimum Gasteiger partial charge on any atom is -0.494 e. The molecule has 0 aliphatic rings. The second-order valence-electron chi connectivity index (χ2n) is 4.44. The maximum atomic E-state index is 6.01. The van der Waals surface area contributed by atoms with E-state index < -0.39 is 0 Å². The number of H-pyrrole nitrogens is 1. The fourth-order valence-electron chi connectivity index (χ4n) is 2.21. The highest BCUT2D eigenvalue weighted by atomic mass is 35.5. The Morgan fingerprint density at radius 1 is 1.19 bits per heavy atom. The molecule has 0 amide bonds. The van der Waals surface area contributed by atoms with Gasteiger partial charge in [0.15, 0.2) is 5.82 Å². The molecule has 0 aliphatic carbocycles. The Kier molecular flexibility index (Phi) is 3.50. The average Bonchev–Trinajstić information content (AvgIpc) is 2.90. The van der Waals surface area contributed by atoms with E-state index in [4.69, 9.17) is 22.1 Å². The lowest BCUT2D eigenvalue weighted by atomic mass is 10.0. The van der Waals surface area contributed by atoms with E-state index in [1.54, 1.807) is 19.5 Å². The molecule has 0 unspecified atom stereocenters. The van der Waals surface area contributed by atoms with E-state index >= 15 is 0 Å². The molecule has 2 aromatic heterocycles. The van der Waals surface area contributed by atoms with Crippen LogP contribution >= 0.6 is 11.6 Å². The molecular weight excluding hydrogens is 288 g/mol. The maximum Gasteiger partial charge on any atom is 0.153 e. The molecular formula is C15H13ClN4O. The van der Waals surface area contributed by atoms with Crippen molar-refractivity contribution >= 4 is 17.4 Å². The highest BCUT2D eigenvalue weighted by molar-refractivity contribution is 6.30. The van der Waals surface area contributed by atoms with Crippen LogP contribution in [0.15, 0.2) is 42.7 Å². The number of aromatic nitrogens is 3. The molecule has 0 spiro atoms. The molecule has 0 bridgehead atoms. The van der Waals surface area contributed by atoms with Gasteiger partial charge in [-0.15, -0.1) is 0 Å². The van der Waals surface area contributed by atoms with E-state index in [2.05, 4.69) is 15.2 Å². The van der Waals surface area contributed by atoms with Crippen LogP contribution in [0.1, 0.15) is 0 Å². The zero-order chi connectivity index (χ0) is 14.8. The summed E-state index contributed by atoms with van der Waals surface area (Å²) in [6.45, 7) is 0. The van der Waals surface area contributed by atoms with Crippen molar-refractivity contribution in [1.82, 2.24) is 15.2 Å². The highest BCUT2D eigenvalue weighted by Gasteiger charge is 2.17. The van der Waals surface area contributed by atoms with Crippen molar-refractivity contribution in [3.63, 3.8) is 0 Å². The van der Waals surface area contributed by atoms with E-state index in [-0.39, 0.29) is 0 Å². The number of methoxy groups -OCH3 is 1. The van der Waals surface area contributed by atoms with Crippen LogP contribution in [0.25, 0.3) is 22.4 Å². The first kappa shape index (κ1) is 13.5. The van der Waals surface area contributed by atoms with Crippen molar-refractivity contribution in [2.75, 3.05) is 12.8 Å². The van der Waals surface area contributed by atoms with Crippen LogP contribution in [-0.2, 0) is 0 Å². The van der Waals surface area contributed by atoms with Crippen LogP contribution in [-0.4, -0.2) is 22.3 Å². The molecule has 0 radical (unpaired) electrons. The Labute approximate surface area is 126 Å². The zero-order valence-electron chi connectivity index (χ0n) is 11.3. The molecule has 0 fully saturated rings. The number of aromatic amines is 1. The Bertz CT molecular complexity index is 768. The largest absolute Gasteiger partial charge is 0.494 e. The van der Waals surface area contributed by atoms with Crippen LogP contribution in [0.5, 0.6) is 5.75 Å². The summed E-state index contributed by atoms with van der Waals surface area (Å²) in [5.41, 5.74) is 9.39. The summed E-state index contributed by atoms with van der Waals surface area (Å²) >= 11 is 5.93. The minimum absolute atomic E-state index is 0.422. The lowest BCUT2D eigenvalue weighted by molar-refractivity contribution is 0.414. The molecule has 106 valence electrons. The van der Waals surface area contributed by atoms with Crippen molar-refractivity contribution < 1.29 is 4.74 Å². The van der Waals surface area contributed by atoms with Gasteiger partial charge in [-0.3, -0.25) is 10.1 Å².